The maximum atomic E-state index is 13.9. The van der Waals surface area contributed by atoms with E-state index in [-0.39, 0.29) is 35.4 Å². The second-order valence-electron chi connectivity index (χ2n) is 10.5. The zero-order valence-electron chi connectivity index (χ0n) is 23.9. The summed E-state index contributed by atoms with van der Waals surface area (Å²) in [6.07, 6.45) is 6.59. The molecule has 2 aromatic heterocycles. The van der Waals surface area contributed by atoms with E-state index >= 15 is 0 Å². The first-order chi connectivity index (χ1) is 21.2. The van der Waals surface area contributed by atoms with E-state index in [4.69, 9.17) is 21.3 Å². The number of aliphatic hydroxyl groups excluding tert-OH is 1. The van der Waals surface area contributed by atoms with Gasteiger partial charge in [0.15, 0.2) is 11.4 Å². The van der Waals surface area contributed by atoms with E-state index in [2.05, 4.69) is 36.2 Å². The molecule has 0 saturated heterocycles. The number of benzene rings is 1. The van der Waals surface area contributed by atoms with Gasteiger partial charge in [-0.05, 0) is 37.6 Å². The topological polar surface area (TPSA) is 168 Å². The van der Waals surface area contributed by atoms with Crippen LogP contribution in [-0.4, -0.2) is 68.0 Å². The van der Waals surface area contributed by atoms with Crippen LogP contribution in [0.5, 0.6) is 0 Å². The first kappa shape index (κ1) is 31.0. The van der Waals surface area contributed by atoms with Crippen LogP contribution in [0.3, 0.4) is 0 Å². The molecule has 3 N–H and O–H groups in total. The van der Waals surface area contributed by atoms with Gasteiger partial charge in [0.25, 0.3) is 0 Å². The number of halogens is 2. The van der Waals surface area contributed by atoms with Crippen LogP contribution in [0, 0.1) is 5.82 Å². The first-order valence-corrected chi connectivity index (χ1v) is 14.4. The molecule has 1 unspecified atom stereocenters. The van der Waals surface area contributed by atoms with Gasteiger partial charge in [0.1, 0.15) is 30.0 Å². The molecule has 0 fully saturated rings. The summed E-state index contributed by atoms with van der Waals surface area (Å²) in [5.74, 6) is -0.723. The maximum Gasteiger partial charge on any atom is 0.220 e. The molecule has 44 heavy (non-hydrogen) atoms. The molecule has 1 atom stereocenters. The van der Waals surface area contributed by atoms with E-state index in [1.165, 1.54) is 12.1 Å². The van der Waals surface area contributed by atoms with Crippen molar-refractivity contribution < 1.29 is 23.8 Å². The number of aliphatic hydroxyl groups is 1. The van der Waals surface area contributed by atoms with Gasteiger partial charge in [-0.15, -0.1) is 5.10 Å². The fourth-order valence-electron chi connectivity index (χ4n) is 4.59. The number of ether oxygens (including phenoxy) is 1. The van der Waals surface area contributed by atoms with Gasteiger partial charge in [0.2, 0.25) is 5.91 Å². The highest BCUT2D eigenvalue weighted by Crippen LogP contribution is 2.36. The number of hydrogen-bond donors (Lipinski definition) is 3. The van der Waals surface area contributed by atoms with Crippen molar-refractivity contribution in [3.8, 4) is 0 Å². The number of hydrogen-bond acceptors (Lipinski definition) is 11. The van der Waals surface area contributed by atoms with Crippen LogP contribution in [0.1, 0.15) is 49.0 Å². The van der Waals surface area contributed by atoms with Crippen LogP contribution in [0.2, 0.25) is 5.02 Å². The van der Waals surface area contributed by atoms with Crippen molar-refractivity contribution in [3.63, 3.8) is 0 Å². The minimum absolute atomic E-state index is 0.0399. The lowest BCUT2D eigenvalue weighted by Gasteiger charge is -2.28. The number of nitrogens with zero attached hydrogens (tertiary/aromatic N) is 7. The van der Waals surface area contributed by atoms with Crippen LogP contribution in [0.15, 0.2) is 75.4 Å². The van der Waals surface area contributed by atoms with E-state index in [1.807, 2.05) is 6.92 Å². The number of aryl methyl sites for hydroxylation is 1. The van der Waals surface area contributed by atoms with E-state index in [0.29, 0.717) is 60.7 Å². The van der Waals surface area contributed by atoms with Crippen molar-refractivity contribution in [3.05, 3.63) is 87.9 Å². The summed E-state index contributed by atoms with van der Waals surface area (Å²) in [6, 6.07) is 6.43. The molecular weight excluding hydrogens is 593 g/mol. The number of carbonyl (C=O) groups excluding carboxylic acids is 2. The Labute approximate surface area is 257 Å². The number of Topliss-reactive ketones (excluding diaryl/α,β-unsaturated/α-hetero) is 1. The average Bonchev–Trinajstić information content (AvgIpc) is 3.59. The molecule has 230 valence electrons. The number of amides is 1. The fraction of sp³-hybridized carbons (Fsp3) is 0.379. The standard InChI is InChI=1S/C29H31ClFN9O4/c1-29(37-38-29)8-5-25(43)33-9-2-12-40-14-20(36-39-40)16-44-17-23-26(24(42)15-41)27(21-4-3-19(31)13-22(21)30)35-28(34-23)18-6-10-32-11-7-18/h3-4,6-7,10-11,13-14,27,41H,2,5,8-9,12,15-17H2,1H3,(H,33,43)(H,34,35). The van der Waals surface area contributed by atoms with Crippen molar-refractivity contribution in [1.29, 1.82) is 0 Å². The number of aliphatic imine (C=N–C) groups is 1. The summed E-state index contributed by atoms with van der Waals surface area (Å²) >= 11 is 6.39. The third-order valence-corrected chi connectivity index (χ3v) is 7.34. The predicted molar refractivity (Wildman–Crippen MR) is 157 cm³/mol. The third kappa shape index (κ3) is 7.95. The van der Waals surface area contributed by atoms with E-state index in [0.717, 1.165) is 6.07 Å². The lowest BCUT2D eigenvalue weighted by atomic mass is 9.92. The largest absolute Gasteiger partial charge is 0.388 e. The number of amidine groups is 1. The monoisotopic (exact) mass is 623 g/mol. The molecule has 3 aromatic rings. The second-order valence-corrected chi connectivity index (χ2v) is 10.9. The number of pyridine rings is 1. The van der Waals surface area contributed by atoms with Gasteiger partial charge in [0.05, 0.1) is 25.1 Å². The van der Waals surface area contributed by atoms with Gasteiger partial charge in [-0.2, -0.15) is 10.2 Å². The second kappa shape index (κ2) is 13.9. The summed E-state index contributed by atoms with van der Waals surface area (Å²) in [5, 5.41) is 32.0. The van der Waals surface area contributed by atoms with Crippen molar-refractivity contribution in [1.82, 2.24) is 30.6 Å². The highest BCUT2D eigenvalue weighted by atomic mass is 35.5. The summed E-state index contributed by atoms with van der Waals surface area (Å²) in [7, 11) is 0. The van der Waals surface area contributed by atoms with Gasteiger partial charge < -0.3 is 20.5 Å². The molecule has 0 radical (unpaired) electrons. The van der Waals surface area contributed by atoms with E-state index in [1.54, 1.807) is 35.4 Å². The molecule has 15 heteroatoms. The molecule has 5 rings (SSSR count). The van der Waals surface area contributed by atoms with Crippen molar-refractivity contribution in [2.75, 3.05) is 19.8 Å². The minimum Gasteiger partial charge on any atom is -0.388 e. The van der Waals surface area contributed by atoms with Gasteiger partial charge in [-0.1, -0.05) is 22.9 Å². The minimum atomic E-state index is -0.922. The Morgan fingerprint density at radius 1 is 1.20 bits per heavy atom. The third-order valence-electron chi connectivity index (χ3n) is 7.02. The Hall–Kier alpha value is -4.40. The Bertz CT molecular complexity index is 1600. The predicted octanol–water partition coefficient (Wildman–Crippen LogP) is 3.06. The van der Waals surface area contributed by atoms with Crippen LogP contribution >= 0.6 is 11.6 Å². The summed E-state index contributed by atoms with van der Waals surface area (Å²) < 4.78 is 21.4. The molecule has 13 nitrogen and oxygen atoms in total. The lowest BCUT2D eigenvalue weighted by molar-refractivity contribution is -0.121. The summed E-state index contributed by atoms with van der Waals surface area (Å²) in [4.78, 5) is 33.7. The summed E-state index contributed by atoms with van der Waals surface area (Å²) in [5.41, 5.74) is 1.80. The normalized spacial score (nSPS) is 16.8. The lowest BCUT2D eigenvalue weighted by Crippen LogP contribution is -2.36. The molecule has 2 aliphatic rings. The smallest absolute Gasteiger partial charge is 0.220 e. The molecule has 0 spiro atoms. The molecular formula is C29H31ClFN9O4. The highest BCUT2D eigenvalue weighted by Gasteiger charge is 2.34. The number of aromatic nitrogens is 4. The van der Waals surface area contributed by atoms with Gasteiger partial charge in [-0.3, -0.25) is 24.2 Å². The van der Waals surface area contributed by atoms with Crippen LogP contribution < -0.4 is 10.6 Å². The molecule has 0 bridgehead atoms. The SMILES string of the molecule is CC1(CCC(=O)NCCCn2cc(COCC3=C(C(=O)CO)C(c4ccc(F)cc4Cl)N=C(c4ccncc4)N3)nn2)N=N1. The Morgan fingerprint density at radius 2 is 2.00 bits per heavy atom. The number of carbonyl (C=O) groups is 2. The number of ketones is 1. The number of nitrogens with one attached hydrogen (secondary N) is 2. The zero-order valence-corrected chi connectivity index (χ0v) is 24.7. The Kier molecular flexibility index (Phi) is 9.82. The van der Waals surface area contributed by atoms with E-state index in [9.17, 15) is 19.1 Å². The quantitative estimate of drug-likeness (QED) is 0.217. The van der Waals surface area contributed by atoms with Crippen LogP contribution in [0.25, 0.3) is 0 Å². The Balaban J connectivity index is 1.22. The molecule has 1 amide bonds. The molecule has 4 heterocycles. The molecule has 2 aliphatic heterocycles. The zero-order chi connectivity index (χ0) is 31.1. The first-order valence-electron chi connectivity index (χ1n) is 14.0. The molecule has 1 aromatic carbocycles. The van der Waals surface area contributed by atoms with Crippen molar-refractivity contribution >= 4 is 29.1 Å². The van der Waals surface area contributed by atoms with Crippen molar-refractivity contribution in [2.24, 2.45) is 15.2 Å². The van der Waals surface area contributed by atoms with Crippen LogP contribution in [0.4, 0.5) is 4.39 Å². The number of rotatable bonds is 15. The molecule has 0 aliphatic carbocycles. The molecule has 0 saturated carbocycles. The van der Waals surface area contributed by atoms with Gasteiger partial charge in [0, 0.05) is 60.0 Å². The van der Waals surface area contributed by atoms with E-state index < -0.39 is 24.2 Å². The average molecular weight is 624 g/mol. The van der Waals surface area contributed by atoms with Gasteiger partial charge in [-0.25, -0.2) is 4.39 Å². The maximum absolute atomic E-state index is 13.9. The van der Waals surface area contributed by atoms with Crippen molar-refractivity contribution in [2.45, 2.75) is 51.0 Å². The fourth-order valence-corrected chi connectivity index (χ4v) is 4.86. The Morgan fingerprint density at radius 3 is 2.73 bits per heavy atom. The highest BCUT2D eigenvalue weighted by molar-refractivity contribution is 6.31. The van der Waals surface area contributed by atoms with Gasteiger partial charge >= 0.3 is 0 Å². The van der Waals surface area contributed by atoms with Crippen LogP contribution in [-0.2, 0) is 27.5 Å². The summed E-state index contributed by atoms with van der Waals surface area (Å²) in [6.45, 7) is 2.19.